The summed E-state index contributed by atoms with van der Waals surface area (Å²) in [6.07, 6.45) is 5.48. The molecule has 1 aliphatic heterocycles. The van der Waals surface area contributed by atoms with Crippen molar-refractivity contribution in [1.82, 2.24) is 10.3 Å². The van der Waals surface area contributed by atoms with Gasteiger partial charge in [-0.3, -0.25) is 9.98 Å². The zero-order valence-corrected chi connectivity index (χ0v) is 14.7. The Hall–Kier alpha value is -1.52. The summed E-state index contributed by atoms with van der Waals surface area (Å²) in [6.45, 7) is 3.04. The first-order chi connectivity index (χ1) is 11.3. The van der Waals surface area contributed by atoms with E-state index in [4.69, 9.17) is 11.6 Å². The van der Waals surface area contributed by atoms with Crippen molar-refractivity contribution < 1.29 is 0 Å². The van der Waals surface area contributed by atoms with E-state index in [0.717, 1.165) is 35.3 Å². The highest BCUT2D eigenvalue weighted by molar-refractivity contribution is 8.14. The number of rotatable bonds is 5. The zero-order valence-electron chi connectivity index (χ0n) is 13.1. The van der Waals surface area contributed by atoms with E-state index in [2.05, 4.69) is 40.4 Å². The van der Waals surface area contributed by atoms with Gasteiger partial charge in [0.1, 0.15) is 0 Å². The van der Waals surface area contributed by atoms with Crippen LogP contribution in [0.15, 0.2) is 47.7 Å². The molecule has 1 aromatic carbocycles. The van der Waals surface area contributed by atoms with Gasteiger partial charge >= 0.3 is 0 Å². The molecule has 1 N–H and O–H groups in total. The van der Waals surface area contributed by atoms with Crippen LogP contribution in [-0.4, -0.2) is 22.4 Å². The number of aliphatic imine (C=N–C) groups is 1. The highest BCUT2D eigenvalue weighted by Crippen LogP contribution is 2.29. The lowest BCUT2D eigenvalue weighted by atomic mass is 9.94. The molecule has 1 aliphatic rings. The fourth-order valence-corrected chi connectivity index (χ4v) is 3.94. The molecule has 2 aromatic rings. The summed E-state index contributed by atoms with van der Waals surface area (Å²) in [5.74, 6) is 1.06. The van der Waals surface area contributed by atoms with Crippen molar-refractivity contribution >= 4 is 28.5 Å². The van der Waals surface area contributed by atoms with Gasteiger partial charge < -0.3 is 5.32 Å². The Kier molecular flexibility index (Phi) is 5.57. The molecule has 2 heterocycles. The van der Waals surface area contributed by atoms with E-state index in [9.17, 15) is 0 Å². The number of aromatic nitrogens is 1. The van der Waals surface area contributed by atoms with Gasteiger partial charge in [-0.2, -0.15) is 0 Å². The van der Waals surface area contributed by atoms with Crippen LogP contribution in [0.5, 0.6) is 0 Å². The van der Waals surface area contributed by atoms with Crippen LogP contribution in [0.3, 0.4) is 0 Å². The lowest BCUT2D eigenvalue weighted by Gasteiger charge is -2.23. The van der Waals surface area contributed by atoms with E-state index in [-0.39, 0.29) is 6.04 Å². The summed E-state index contributed by atoms with van der Waals surface area (Å²) in [5.41, 5.74) is 3.72. The molecule has 3 rings (SSSR count). The maximum Gasteiger partial charge on any atom is 0.157 e. The van der Waals surface area contributed by atoms with E-state index in [0.29, 0.717) is 0 Å². The number of benzene rings is 1. The van der Waals surface area contributed by atoms with Gasteiger partial charge in [-0.15, -0.1) is 0 Å². The number of hydrogen-bond acceptors (Lipinski definition) is 4. The number of nitrogens with one attached hydrogen (secondary N) is 1. The third-order valence-corrected chi connectivity index (χ3v) is 5.22. The molecule has 23 heavy (non-hydrogen) atoms. The van der Waals surface area contributed by atoms with Crippen LogP contribution in [0.1, 0.15) is 29.7 Å². The molecule has 0 spiro atoms. The first-order valence-corrected chi connectivity index (χ1v) is 9.24. The van der Waals surface area contributed by atoms with Gasteiger partial charge in [0.15, 0.2) is 5.17 Å². The van der Waals surface area contributed by atoms with Crippen molar-refractivity contribution in [1.29, 1.82) is 0 Å². The molecular weight excluding hydrogens is 326 g/mol. The standard InChI is InChI=1S/C18H20ClN3S/c1-2-14-15(4-3-5-16(14)19)17(22-18-21-10-11-23-18)12-13-6-8-20-9-7-13/h3-9,17H,2,10-12H2,1H3,(H,21,22). The van der Waals surface area contributed by atoms with Crippen molar-refractivity contribution in [3.8, 4) is 0 Å². The fourth-order valence-electron chi connectivity index (χ4n) is 2.84. The Morgan fingerprint density at radius 3 is 2.78 bits per heavy atom. The van der Waals surface area contributed by atoms with E-state index in [1.165, 1.54) is 16.7 Å². The molecule has 0 fully saturated rings. The summed E-state index contributed by atoms with van der Waals surface area (Å²) in [7, 11) is 0. The summed E-state index contributed by atoms with van der Waals surface area (Å²) in [4.78, 5) is 8.65. The quantitative estimate of drug-likeness (QED) is 0.879. The van der Waals surface area contributed by atoms with Gasteiger partial charge in [0.05, 0.1) is 12.6 Å². The molecule has 120 valence electrons. The van der Waals surface area contributed by atoms with E-state index in [1.54, 1.807) is 11.8 Å². The number of halogens is 1. The highest BCUT2D eigenvalue weighted by Gasteiger charge is 2.20. The number of amidine groups is 1. The summed E-state index contributed by atoms with van der Waals surface area (Å²) >= 11 is 8.21. The summed E-state index contributed by atoms with van der Waals surface area (Å²) in [6, 6.07) is 10.5. The van der Waals surface area contributed by atoms with Gasteiger partial charge in [0.2, 0.25) is 0 Å². The van der Waals surface area contributed by atoms with Crippen molar-refractivity contribution in [2.24, 2.45) is 4.99 Å². The lowest BCUT2D eigenvalue weighted by Crippen LogP contribution is -2.28. The lowest BCUT2D eigenvalue weighted by molar-refractivity contribution is 0.641. The van der Waals surface area contributed by atoms with Crippen molar-refractivity contribution in [2.45, 2.75) is 25.8 Å². The first kappa shape index (κ1) is 16.3. The molecular formula is C18H20ClN3S. The maximum absolute atomic E-state index is 6.42. The van der Waals surface area contributed by atoms with E-state index < -0.39 is 0 Å². The second-order valence-corrected chi connectivity index (χ2v) is 6.94. The van der Waals surface area contributed by atoms with E-state index in [1.807, 2.05) is 24.5 Å². The highest BCUT2D eigenvalue weighted by atomic mass is 35.5. The third-order valence-electron chi connectivity index (χ3n) is 3.96. The van der Waals surface area contributed by atoms with Gasteiger partial charge in [0.25, 0.3) is 0 Å². The maximum atomic E-state index is 6.42. The molecule has 1 unspecified atom stereocenters. The molecule has 0 bridgehead atoms. The van der Waals surface area contributed by atoms with Crippen LogP contribution in [0.25, 0.3) is 0 Å². The average molecular weight is 346 g/mol. The zero-order chi connectivity index (χ0) is 16.1. The molecule has 0 aliphatic carbocycles. The van der Waals surface area contributed by atoms with Crippen LogP contribution in [0.2, 0.25) is 5.02 Å². The second-order valence-electron chi connectivity index (χ2n) is 5.45. The molecule has 0 radical (unpaired) electrons. The monoisotopic (exact) mass is 345 g/mol. The Bertz CT molecular complexity index is 688. The average Bonchev–Trinajstić information content (AvgIpc) is 3.08. The van der Waals surface area contributed by atoms with Crippen LogP contribution in [0.4, 0.5) is 0 Å². The van der Waals surface area contributed by atoms with Crippen molar-refractivity contribution in [3.05, 3.63) is 64.4 Å². The number of pyridine rings is 1. The molecule has 0 saturated carbocycles. The van der Waals surface area contributed by atoms with Gasteiger partial charge in [-0.1, -0.05) is 42.4 Å². The minimum atomic E-state index is 0.162. The Morgan fingerprint density at radius 1 is 1.26 bits per heavy atom. The van der Waals surface area contributed by atoms with Crippen LogP contribution < -0.4 is 5.32 Å². The number of thioether (sulfide) groups is 1. The minimum Gasteiger partial charge on any atom is -0.358 e. The summed E-state index contributed by atoms with van der Waals surface area (Å²) in [5, 5.41) is 5.49. The molecule has 0 amide bonds. The first-order valence-electron chi connectivity index (χ1n) is 7.88. The molecule has 3 nitrogen and oxygen atoms in total. The largest absolute Gasteiger partial charge is 0.358 e. The van der Waals surface area contributed by atoms with Crippen molar-refractivity contribution in [2.75, 3.05) is 12.3 Å². The fraction of sp³-hybridized carbons (Fsp3) is 0.333. The molecule has 1 atom stereocenters. The number of nitrogens with zero attached hydrogens (tertiary/aromatic N) is 2. The molecule has 5 heteroatoms. The normalized spacial score (nSPS) is 15.3. The van der Waals surface area contributed by atoms with Crippen molar-refractivity contribution in [3.63, 3.8) is 0 Å². The Morgan fingerprint density at radius 2 is 2.09 bits per heavy atom. The summed E-state index contributed by atoms with van der Waals surface area (Å²) < 4.78 is 0. The Labute approximate surface area is 146 Å². The molecule has 0 saturated heterocycles. The Balaban J connectivity index is 1.92. The van der Waals surface area contributed by atoms with E-state index >= 15 is 0 Å². The second kappa shape index (κ2) is 7.84. The van der Waals surface area contributed by atoms with Crippen LogP contribution in [0, 0.1) is 0 Å². The SMILES string of the molecule is CCc1c(Cl)cccc1C(Cc1ccncc1)NC1=NCCS1. The minimum absolute atomic E-state index is 0.162. The van der Waals surface area contributed by atoms with Crippen LogP contribution >= 0.6 is 23.4 Å². The van der Waals surface area contributed by atoms with Gasteiger partial charge in [-0.05, 0) is 47.7 Å². The van der Waals surface area contributed by atoms with Crippen LogP contribution in [-0.2, 0) is 12.8 Å². The van der Waals surface area contributed by atoms with Gasteiger partial charge in [0, 0.05) is 23.2 Å². The third kappa shape index (κ3) is 4.06. The smallest absolute Gasteiger partial charge is 0.157 e. The number of hydrogen-bond donors (Lipinski definition) is 1. The van der Waals surface area contributed by atoms with Gasteiger partial charge in [-0.25, -0.2) is 0 Å². The predicted molar refractivity (Wildman–Crippen MR) is 99.4 cm³/mol. The predicted octanol–water partition coefficient (Wildman–Crippen LogP) is 4.27. The molecule has 1 aromatic heterocycles. The topological polar surface area (TPSA) is 37.3 Å².